The molecular weight excluding hydrogens is 329 g/mol. The number of hydrogen-bond acceptors (Lipinski definition) is 1. The molecule has 0 fully saturated rings. The van der Waals surface area contributed by atoms with Gasteiger partial charge in [-0.25, -0.2) is 0 Å². The molecule has 0 aliphatic heterocycles. The Kier molecular flexibility index (Phi) is 7.15. The van der Waals surface area contributed by atoms with Gasteiger partial charge in [0.25, 0.3) is 0 Å². The third-order valence-electron chi connectivity index (χ3n) is 2.18. The molecule has 2 aromatic rings. The summed E-state index contributed by atoms with van der Waals surface area (Å²) in [4.78, 5) is 0. The minimum absolute atomic E-state index is 0.617. The van der Waals surface area contributed by atoms with Gasteiger partial charge in [0.1, 0.15) is 6.61 Å². The van der Waals surface area contributed by atoms with Crippen molar-refractivity contribution in [3.8, 4) is 5.75 Å². The molecule has 0 bridgehead atoms. The Hall–Kier alpha value is -0.657. The Labute approximate surface area is 119 Å². The van der Waals surface area contributed by atoms with Gasteiger partial charge >= 0.3 is 30.0 Å². The molecule has 3 heteroatoms. The van der Waals surface area contributed by atoms with Crippen molar-refractivity contribution in [2.75, 3.05) is 0 Å². The van der Waals surface area contributed by atoms with E-state index in [0.717, 1.165) is 5.75 Å². The van der Waals surface area contributed by atoms with Crippen LogP contribution in [0.2, 0.25) is 0 Å². The average molecular weight is 343 g/mol. The molecule has 0 aliphatic rings. The molecule has 2 aromatic carbocycles. The topological polar surface area (TPSA) is 9.23 Å². The van der Waals surface area contributed by atoms with Gasteiger partial charge in [-0.2, -0.15) is 18.2 Å². The molecular formula is C14H13BrOZn. The van der Waals surface area contributed by atoms with Crippen LogP contribution in [0.4, 0.5) is 0 Å². The Morgan fingerprint density at radius 2 is 1.88 bits per heavy atom. The van der Waals surface area contributed by atoms with Crippen LogP contribution in [0.15, 0.2) is 48.5 Å². The first kappa shape index (κ1) is 14.4. The first-order valence-corrected chi connectivity index (χ1v) is 12.2. The van der Waals surface area contributed by atoms with E-state index in [1.54, 1.807) is 0 Å². The van der Waals surface area contributed by atoms with Crippen molar-refractivity contribution < 1.29 is 21.1 Å². The van der Waals surface area contributed by atoms with Crippen molar-refractivity contribution in [3.05, 3.63) is 65.7 Å². The van der Waals surface area contributed by atoms with Crippen LogP contribution in [0.3, 0.4) is 0 Å². The van der Waals surface area contributed by atoms with Gasteiger partial charge < -0.3 is 4.74 Å². The van der Waals surface area contributed by atoms with E-state index in [1.165, 1.54) is 27.5 Å². The maximum absolute atomic E-state index is 5.63. The second kappa shape index (κ2) is 8.44. The van der Waals surface area contributed by atoms with Crippen LogP contribution < -0.4 is 4.74 Å². The molecule has 0 atom stereocenters. The molecule has 0 radical (unpaired) electrons. The quantitative estimate of drug-likeness (QED) is 0.599. The zero-order valence-corrected chi connectivity index (χ0v) is 14.4. The summed E-state index contributed by atoms with van der Waals surface area (Å²) < 4.78 is 5.63. The summed E-state index contributed by atoms with van der Waals surface area (Å²) in [6.45, 7) is 2.70. The molecule has 0 spiro atoms. The van der Waals surface area contributed by atoms with Crippen LogP contribution in [-0.4, -0.2) is 0 Å². The van der Waals surface area contributed by atoms with Crippen molar-refractivity contribution in [2.24, 2.45) is 0 Å². The summed E-state index contributed by atoms with van der Waals surface area (Å²) in [5, 5.41) is 0. The second-order valence-corrected chi connectivity index (χ2v) is 3.51. The van der Waals surface area contributed by atoms with Crippen molar-refractivity contribution in [2.45, 2.75) is 13.5 Å². The standard InChI is InChI=1S/C14H13O.BrH.Zn/c1-12-6-5-7-13(10-12)11-15-14-8-3-2-4-9-14;;/h3-10H,11H2,1H3;1H;/q-1;;+2/p-1. The van der Waals surface area contributed by atoms with E-state index >= 15 is 0 Å². The van der Waals surface area contributed by atoms with E-state index in [1.807, 2.05) is 30.3 Å². The first-order chi connectivity index (χ1) is 8.34. The molecule has 0 aliphatic carbocycles. The Balaban J connectivity index is 0.000000686. The molecule has 0 saturated heterocycles. The molecule has 0 heterocycles. The van der Waals surface area contributed by atoms with E-state index in [2.05, 4.69) is 44.8 Å². The number of halogens is 1. The van der Waals surface area contributed by atoms with Crippen LogP contribution in [0, 0.1) is 13.0 Å². The van der Waals surface area contributed by atoms with E-state index in [-0.39, 0.29) is 0 Å². The van der Waals surface area contributed by atoms with Crippen molar-refractivity contribution in [1.29, 1.82) is 0 Å². The average Bonchev–Trinajstić information content (AvgIpc) is 2.40. The summed E-state index contributed by atoms with van der Waals surface area (Å²) in [6, 6.07) is 18.8. The summed E-state index contributed by atoms with van der Waals surface area (Å²) in [5.41, 5.74) is 2.46. The zero-order valence-electron chi connectivity index (χ0n) is 9.82. The normalized spacial score (nSPS) is 9.18. The molecule has 0 N–H and O–H groups in total. The molecule has 0 unspecified atom stereocenters. The summed E-state index contributed by atoms with van der Waals surface area (Å²) in [5.74, 6) is 0.884. The van der Waals surface area contributed by atoms with Crippen LogP contribution in [-0.2, 0) is 22.9 Å². The molecule has 0 amide bonds. The number of rotatable bonds is 3. The number of aryl methyl sites for hydroxylation is 1. The third-order valence-corrected chi connectivity index (χ3v) is 2.18. The van der Waals surface area contributed by atoms with Crippen LogP contribution in [0.1, 0.15) is 11.1 Å². The molecule has 2 rings (SSSR count). The third kappa shape index (κ3) is 5.47. The SMILES string of the molecule is Cc1cccc(COc2cc[c-]cc2)c1.[Zn+][Br]. The van der Waals surface area contributed by atoms with Crippen LogP contribution >= 0.6 is 13.6 Å². The van der Waals surface area contributed by atoms with Crippen LogP contribution in [0.5, 0.6) is 5.75 Å². The minimum atomic E-state index is 0.617. The van der Waals surface area contributed by atoms with Gasteiger partial charge in [-0.05, 0) is 12.5 Å². The van der Waals surface area contributed by atoms with Gasteiger partial charge in [-0.3, -0.25) is 0 Å². The molecule has 1 nitrogen and oxygen atoms in total. The van der Waals surface area contributed by atoms with Gasteiger partial charge in [-0.15, -0.1) is 12.1 Å². The summed E-state index contributed by atoms with van der Waals surface area (Å²) in [6.07, 6.45) is 0. The zero-order chi connectivity index (χ0) is 12.5. The van der Waals surface area contributed by atoms with Gasteiger partial charge in [0.15, 0.2) is 0 Å². The fourth-order valence-corrected chi connectivity index (χ4v) is 1.44. The number of hydrogen-bond donors (Lipinski definition) is 0. The second-order valence-electron chi connectivity index (χ2n) is 3.51. The van der Waals surface area contributed by atoms with E-state index in [0.29, 0.717) is 6.61 Å². The number of benzene rings is 2. The van der Waals surface area contributed by atoms with Crippen molar-refractivity contribution in [3.63, 3.8) is 0 Å². The number of ether oxygens (including phenoxy) is 1. The first-order valence-electron chi connectivity index (χ1n) is 5.26. The molecule has 84 valence electrons. The summed E-state index contributed by atoms with van der Waals surface area (Å²) in [7, 11) is 0. The Bertz CT molecular complexity index is 431. The maximum atomic E-state index is 5.63. The molecule has 0 aromatic heterocycles. The van der Waals surface area contributed by atoms with Gasteiger partial charge in [0.05, 0.1) is 0 Å². The van der Waals surface area contributed by atoms with Crippen molar-refractivity contribution in [1.82, 2.24) is 0 Å². The summed E-state index contributed by atoms with van der Waals surface area (Å²) >= 11 is 4.25. The molecule has 17 heavy (non-hydrogen) atoms. The van der Waals surface area contributed by atoms with E-state index in [4.69, 9.17) is 4.74 Å². The van der Waals surface area contributed by atoms with E-state index in [9.17, 15) is 0 Å². The van der Waals surface area contributed by atoms with Crippen LogP contribution in [0.25, 0.3) is 0 Å². The Morgan fingerprint density at radius 3 is 2.53 bits per heavy atom. The van der Waals surface area contributed by atoms with Gasteiger partial charge in [0, 0.05) is 5.75 Å². The van der Waals surface area contributed by atoms with Gasteiger partial charge in [-0.1, -0.05) is 29.8 Å². The van der Waals surface area contributed by atoms with E-state index < -0.39 is 0 Å². The fraction of sp³-hybridized carbons (Fsp3) is 0.143. The van der Waals surface area contributed by atoms with Gasteiger partial charge in [0.2, 0.25) is 0 Å². The monoisotopic (exact) mass is 340 g/mol. The molecule has 0 saturated carbocycles. The fourth-order valence-electron chi connectivity index (χ4n) is 1.44. The predicted molar refractivity (Wildman–Crippen MR) is 69.7 cm³/mol. The Morgan fingerprint density at radius 1 is 1.18 bits per heavy atom. The van der Waals surface area contributed by atoms with Crippen molar-refractivity contribution >= 4 is 13.6 Å². The predicted octanol–water partition coefficient (Wildman–Crippen LogP) is 4.22.